The number of rotatable bonds is 9. The highest BCUT2D eigenvalue weighted by Gasteiger charge is 2.63. The maximum atomic E-state index is 12.6. The van der Waals surface area contributed by atoms with E-state index >= 15 is 0 Å². The van der Waals surface area contributed by atoms with Gasteiger partial charge < -0.3 is 31.3 Å². The van der Waals surface area contributed by atoms with Gasteiger partial charge in [-0.2, -0.15) is 8.78 Å². The number of carbonyl (C=O) groups is 5. The Hall–Kier alpha value is -2.83. The molecule has 38 heavy (non-hydrogen) atoms. The van der Waals surface area contributed by atoms with Crippen molar-refractivity contribution in [1.82, 2.24) is 26.2 Å². The van der Waals surface area contributed by atoms with Gasteiger partial charge in [-0.05, 0) is 35.5 Å². The normalized spacial score (nSPS) is 25.7. The molecule has 0 radical (unpaired) electrons. The molecule has 13 heteroatoms. The molecule has 5 N–H and O–H groups in total. The number of nitrogens with zero attached hydrogens (tertiary/aromatic N) is 1. The third-order valence-corrected chi connectivity index (χ3v) is 7.91. The summed E-state index contributed by atoms with van der Waals surface area (Å²) in [6.07, 6.45) is -3.13. The molecule has 0 aromatic carbocycles. The fourth-order valence-corrected chi connectivity index (χ4v) is 5.23. The van der Waals surface area contributed by atoms with Gasteiger partial charge >= 0.3 is 6.43 Å². The summed E-state index contributed by atoms with van der Waals surface area (Å²) in [4.78, 5) is 58.6. The molecule has 216 valence electrons. The monoisotopic (exact) mass is 545 g/mol. The van der Waals surface area contributed by atoms with Gasteiger partial charge in [0.15, 0.2) is 6.10 Å². The lowest BCUT2D eigenvalue weighted by molar-refractivity contribution is -0.142. The lowest BCUT2D eigenvalue weighted by atomic mass is 9.85. The van der Waals surface area contributed by atoms with Crippen LogP contribution in [0.2, 0.25) is 0 Å². The fraction of sp³-hybridized carbons (Fsp3) is 0.800. The first-order valence-electron chi connectivity index (χ1n) is 12.8. The van der Waals surface area contributed by atoms with Crippen LogP contribution in [0.5, 0.6) is 0 Å². The number of aliphatic hydroxyl groups excluding tert-OH is 1. The number of halogens is 2. The Morgan fingerprint density at radius 2 is 1.76 bits per heavy atom. The molecule has 1 saturated carbocycles. The van der Waals surface area contributed by atoms with Gasteiger partial charge in [0.25, 0.3) is 11.8 Å². The van der Waals surface area contributed by atoms with E-state index in [0.29, 0.717) is 44.3 Å². The topological polar surface area (TPSA) is 157 Å². The zero-order chi connectivity index (χ0) is 29.0. The first kappa shape index (κ1) is 31.4. The number of piperidine rings is 1. The van der Waals surface area contributed by atoms with Crippen LogP contribution in [0.25, 0.3) is 0 Å². The van der Waals surface area contributed by atoms with Crippen molar-refractivity contribution >= 4 is 30.0 Å². The van der Waals surface area contributed by atoms with Gasteiger partial charge in [0.2, 0.25) is 18.2 Å². The Morgan fingerprint density at radius 1 is 1.18 bits per heavy atom. The number of fused-ring (bicyclic) bond motifs is 1. The second kappa shape index (κ2) is 12.4. The summed E-state index contributed by atoms with van der Waals surface area (Å²) in [5.41, 5.74) is -0.329. The molecule has 3 rings (SSSR count). The van der Waals surface area contributed by atoms with E-state index in [2.05, 4.69) is 35.1 Å². The van der Waals surface area contributed by atoms with Gasteiger partial charge in [0.05, 0.1) is 6.04 Å². The number of amides is 5. The standard InChI is InChI=1S/C15H24F2N2O2.C10H17N3O4/c1-14(2,3)10(18-12(20)11(16)17)13(21)19-6-8-9(7-19)15(8,4)5;1-11-10(17)8(15)7(13-5-14)4-6-2-3-12-9(6)16/h8-11H,6-7H2,1-5H3,(H,18,20);5-8,15H,2-4H2,1H3,(H,11,17)(H,12,16)(H,13,14). The van der Waals surface area contributed by atoms with Gasteiger partial charge in [-0.3, -0.25) is 24.0 Å². The smallest absolute Gasteiger partial charge is 0.315 e. The molecule has 6 unspecified atom stereocenters. The molecular weight excluding hydrogens is 504 g/mol. The van der Waals surface area contributed by atoms with Crippen molar-refractivity contribution in [2.45, 2.75) is 72.1 Å². The molecule has 0 bridgehead atoms. The average molecular weight is 546 g/mol. The number of alkyl halides is 2. The Kier molecular flexibility index (Phi) is 10.2. The third-order valence-electron chi connectivity index (χ3n) is 7.91. The van der Waals surface area contributed by atoms with Crippen molar-refractivity contribution in [3.63, 3.8) is 0 Å². The van der Waals surface area contributed by atoms with Crippen LogP contribution < -0.4 is 21.3 Å². The Morgan fingerprint density at radius 3 is 2.18 bits per heavy atom. The number of nitrogens with one attached hydrogen (secondary N) is 4. The molecule has 3 aliphatic rings. The van der Waals surface area contributed by atoms with Crippen LogP contribution in [0, 0.1) is 28.6 Å². The number of likely N-dealkylation sites (tertiary alicyclic amines) is 1. The summed E-state index contributed by atoms with van der Waals surface area (Å²) in [5, 5.41) is 19.2. The molecular formula is C25H41F2N5O6. The maximum absolute atomic E-state index is 12.6. The van der Waals surface area contributed by atoms with Crippen LogP contribution in [-0.4, -0.2) is 91.3 Å². The van der Waals surface area contributed by atoms with Crippen molar-refractivity contribution in [3.8, 4) is 0 Å². The van der Waals surface area contributed by atoms with Gasteiger partial charge in [0, 0.05) is 32.6 Å². The van der Waals surface area contributed by atoms with Crippen LogP contribution in [0.4, 0.5) is 8.78 Å². The minimum atomic E-state index is -3.10. The summed E-state index contributed by atoms with van der Waals surface area (Å²) in [7, 11) is 1.39. The molecule has 2 saturated heterocycles. The van der Waals surface area contributed by atoms with E-state index in [9.17, 15) is 37.9 Å². The third kappa shape index (κ3) is 7.39. The quantitative estimate of drug-likeness (QED) is 0.249. The van der Waals surface area contributed by atoms with Gasteiger partial charge in [-0.25, -0.2) is 0 Å². The maximum Gasteiger partial charge on any atom is 0.315 e. The summed E-state index contributed by atoms with van der Waals surface area (Å²) in [6, 6.07) is -1.67. The first-order chi connectivity index (χ1) is 17.6. The van der Waals surface area contributed by atoms with E-state index in [1.807, 2.05) is 0 Å². The zero-order valence-electron chi connectivity index (χ0n) is 22.8. The molecule has 2 heterocycles. The average Bonchev–Trinajstić information content (AvgIpc) is 3.23. The number of hydrogen-bond donors (Lipinski definition) is 5. The largest absolute Gasteiger partial charge is 0.381 e. The van der Waals surface area contributed by atoms with Crippen LogP contribution in [-0.2, 0) is 24.0 Å². The van der Waals surface area contributed by atoms with E-state index in [4.69, 9.17) is 0 Å². The van der Waals surface area contributed by atoms with Crippen molar-refractivity contribution in [2.24, 2.45) is 28.6 Å². The molecule has 2 aliphatic heterocycles. The second-order valence-corrected chi connectivity index (χ2v) is 11.8. The van der Waals surface area contributed by atoms with Crippen molar-refractivity contribution in [2.75, 3.05) is 26.7 Å². The van der Waals surface area contributed by atoms with E-state index in [1.54, 1.807) is 25.7 Å². The van der Waals surface area contributed by atoms with Gasteiger partial charge in [0.1, 0.15) is 6.04 Å². The van der Waals surface area contributed by atoms with Gasteiger partial charge in [-0.15, -0.1) is 0 Å². The minimum Gasteiger partial charge on any atom is -0.381 e. The van der Waals surface area contributed by atoms with E-state index < -0.39 is 41.8 Å². The van der Waals surface area contributed by atoms with Gasteiger partial charge in [-0.1, -0.05) is 34.6 Å². The molecule has 0 aromatic heterocycles. The summed E-state index contributed by atoms with van der Waals surface area (Å²) in [5.74, 6) is -1.60. The molecule has 0 aromatic rings. The highest BCUT2D eigenvalue weighted by atomic mass is 19.3. The van der Waals surface area contributed by atoms with Crippen LogP contribution in [0.1, 0.15) is 47.5 Å². The van der Waals surface area contributed by atoms with E-state index in [0.717, 1.165) is 0 Å². The number of likely N-dealkylation sites (N-methyl/N-ethyl adjacent to an activating group) is 1. The van der Waals surface area contributed by atoms with Crippen LogP contribution in [0.15, 0.2) is 0 Å². The predicted octanol–water partition coefficient (Wildman–Crippen LogP) is -0.369. The SMILES string of the molecule is CC(C)(C)C(NC(=O)C(F)F)C(=O)N1CC2C(C1)C2(C)C.CNC(=O)C(O)C(CC1CCNC1=O)NC=O. The Bertz CT molecular complexity index is 895. The highest BCUT2D eigenvalue weighted by molar-refractivity contribution is 5.89. The van der Waals surface area contributed by atoms with Crippen molar-refractivity contribution in [3.05, 3.63) is 0 Å². The Labute approximate surface area is 221 Å². The summed E-state index contributed by atoms with van der Waals surface area (Å²) >= 11 is 0. The summed E-state index contributed by atoms with van der Waals surface area (Å²) < 4.78 is 24.9. The molecule has 1 aliphatic carbocycles. The molecule has 5 amide bonds. The fourth-order valence-electron chi connectivity index (χ4n) is 5.23. The molecule has 0 spiro atoms. The van der Waals surface area contributed by atoms with Crippen LogP contribution in [0.3, 0.4) is 0 Å². The number of hydrogen-bond acceptors (Lipinski definition) is 6. The molecule has 3 fully saturated rings. The number of carbonyl (C=O) groups excluding carboxylic acids is 5. The molecule has 6 atom stereocenters. The minimum absolute atomic E-state index is 0.105. The van der Waals surface area contributed by atoms with Crippen molar-refractivity contribution in [1.29, 1.82) is 0 Å². The zero-order valence-corrected chi connectivity index (χ0v) is 22.8. The van der Waals surface area contributed by atoms with E-state index in [-0.39, 0.29) is 29.6 Å². The second-order valence-electron chi connectivity index (χ2n) is 11.8. The van der Waals surface area contributed by atoms with Crippen molar-refractivity contribution < 1.29 is 37.9 Å². The summed E-state index contributed by atoms with van der Waals surface area (Å²) in [6.45, 7) is 11.6. The lowest BCUT2D eigenvalue weighted by Crippen LogP contribution is -2.56. The first-order valence-corrected chi connectivity index (χ1v) is 12.8. The van der Waals surface area contributed by atoms with E-state index in [1.165, 1.54) is 7.05 Å². The lowest BCUT2D eigenvalue weighted by Gasteiger charge is -2.34. The highest BCUT2D eigenvalue weighted by Crippen LogP contribution is 2.62. The Balaban J connectivity index is 0.000000273. The predicted molar refractivity (Wildman–Crippen MR) is 134 cm³/mol. The number of aliphatic hydroxyl groups is 1. The molecule has 11 nitrogen and oxygen atoms in total. The van der Waals surface area contributed by atoms with Crippen LogP contribution >= 0.6 is 0 Å².